The third-order valence-electron chi connectivity index (χ3n) is 4.36. The Kier molecular flexibility index (Phi) is 4.04. The minimum absolute atomic E-state index is 0.408. The first-order valence-corrected chi connectivity index (χ1v) is 8.04. The molecular weight excluding hydrogens is 276 g/mol. The summed E-state index contributed by atoms with van der Waals surface area (Å²) < 4.78 is 1.81. The van der Waals surface area contributed by atoms with E-state index in [1.54, 1.807) is 11.0 Å². The minimum atomic E-state index is 0.408. The fourth-order valence-corrected chi connectivity index (χ4v) is 2.88. The highest BCUT2D eigenvalue weighted by Gasteiger charge is 2.22. The molecule has 120 valence electrons. The molecule has 2 aromatic rings. The molecule has 0 atom stereocenters. The van der Waals surface area contributed by atoms with Gasteiger partial charge in [-0.25, -0.2) is 9.97 Å². The van der Waals surface area contributed by atoms with Gasteiger partial charge in [-0.2, -0.15) is 5.10 Å². The molecule has 0 amide bonds. The van der Waals surface area contributed by atoms with Crippen molar-refractivity contribution in [2.45, 2.75) is 27.2 Å². The molecule has 0 aromatic carbocycles. The van der Waals surface area contributed by atoms with Gasteiger partial charge < -0.3 is 4.90 Å². The fraction of sp³-hybridized carbons (Fsp3) is 0.688. The molecule has 3 heterocycles. The lowest BCUT2D eigenvalue weighted by Gasteiger charge is -2.36. The first kappa shape index (κ1) is 15.2. The molecule has 0 bridgehead atoms. The Labute approximate surface area is 132 Å². The predicted octanol–water partition coefficient (Wildman–Crippen LogP) is 1.92. The maximum atomic E-state index is 4.50. The van der Waals surface area contributed by atoms with Crippen molar-refractivity contribution < 1.29 is 0 Å². The average Bonchev–Trinajstić information content (AvgIpc) is 2.87. The van der Waals surface area contributed by atoms with Crippen LogP contribution in [0.2, 0.25) is 0 Å². The fourth-order valence-electron chi connectivity index (χ4n) is 2.88. The quantitative estimate of drug-likeness (QED) is 0.867. The van der Waals surface area contributed by atoms with Gasteiger partial charge in [-0.1, -0.05) is 20.8 Å². The zero-order valence-corrected chi connectivity index (χ0v) is 14.1. The number of aromatic nitrogens is 4. The highest BCUT2D eigenvalue weighted by molar-refractivity contribution is 5.86. The molecule has 3 rings (SSSR count). The van der Waals surface area contributed by atoms with Crippen LogP contribution in [-0.4, -0.2) is 57.4 Å². The largest absolute Gasteiger partial charge is 0.353 e. The lowest BCUT2D eigenvalue weighted by Crippen LogP contribution is -2.47. The Bertz CT molecular complexity index is 634. The average molecular weight is 302 g/mol. The first-order valence-electron chi connectivity index (χ1n) is 8.04. The molecule has 0 spiro atoms. The van der Waals surface area contributed by atoms with Gasteiger partial charge in [0.15, 0.2) is 5.65 Å². The summed E-state index contributed by atoms with van der Waals surface area (Å²) in [5, 5.41) is 5.35. The van der Waals surface area contributed by atoms with Gasteiger partial charge in [-0.3, -0.25) is 9.58 Å². The highest BCUT2D eigenvalue weighted by atomic mass is 15.3. The summed E-state index contributed by atoms with van der Waals surface area (Å²) in [4.78, 5) is 13.7. The SMILES string of the molecule is Cn1ncc2c(N3CCN(CCC(C)(C)C)CC3)ncnc21. The van der Waals surface area contributed by atoms with Crippen LogP contribution in [0.3, 0.4) is 0 Å². The van der Waals surface area contributed by atoms with Crippen LogP contribution in [0.25, 0.3) is 11.0 Å². The molecular formula is C16H26N6. The van der Waals surface area contributed by atoms with Crippen molar-refractivity contribution in [1.82, 2.24) is 24.6 Å². The maximum absolute atomic E-state index is 4.50. The highest BCUT2D eigenvalue weighted by Crippen LogP contribution is 2.24. The third-order valence-corrected chi connectivity index (χ3v) is 4.36. The minimum Gasteiger partial charge on any atom is -0.353 e. The molecule has 6 heteroatoms. The zero-order valence-electron chi connectivity index (χ0n) is 14.1. The van der Waals surface area contributed by atoms with Gasteiger partial charge in [0, 0.05) is 33.2 Å². The smallest absolute Gasteiger partial charge is 0.163 e. The van der Waals surface area contributed by atoms with Gasteiger partial charge in [-0.05, 0) is 18.4 Å². The van der Waals surface area contributed by atoms with E-state index in [0.29, 0.717) is 5.41 Å². The van der Waals surface area contributed by atoms with Crippen LogP contribution in [0.1, 0.15) is 27.2 Å². The summed E-state index contributed by atoms with van der Waals surface area (Å²) in [7, 11) is 1.92. The second-order valence-electron chi connectivity index (χ2n) is 7.34. The van der Waals surface area contributed by atoms with Crippen molar-refractivity contribution in [3.63, 3.8) is 0 Å². The summed E-state index contributed by atoms with van der Waals surface area (Å²) in [6, 6.07) is 0. The van der Waals surface area contributed by atoms with Crippen LogP contribution >= 0.6 is 0 Å². The van der Waals surface area contributed by atoms with E-state index in [2.05, 4.69) is 45.6 Å². The van der Waals surface area contributed by atoms with Crippen molar-refractivity contribution in [2.75, 3.05) is 37.6 Å². The number of nitrogens with zero attached hydrogens (tertiary/aromatic N) is 6. The molecule has 1 fully saturated rings. The summed E-state index contributed by atoms with van der Waals surface area (Å²) >= 11 is 0. The van der Waals surface area contributed by atoms with Gasteiger partial charge in [0.1, 0.15) is 12.1 Å². The van der Waals surface area contributed by atoms with E-state index in [1.807, 2.05) is 13.2 Å². The molecule has 0 N–H and O–H groups in total. The Morgan fingerprint density at radius 3 is 2.50 bits per heavy atom. The molecule has 0 unspecified atom stereocenters. The second-order valence-corrected chi connectivity index (χ2v) is 7.34. The molecule has 0 radical (unpaired) electrons. The monoisotopic (exact) mass is 302 g/mol. The van der Waals surface area contributed by atoms with Crippen LogP contribution in [0.15, 0.2) is 12.5 Å². The maximum Gasteiger partial charge on any atom is 0.163 e. The summed E-state index contributed by atoms with van der Waals surface area (Å²) in [5.41, 5.74) is 1.31. The van der Waals surface area contributed by atoms with E-state index < -0.39 is 0 Å². The van der Waals surface area contributed by atoms with E-state index >= 15 is 0 Å². The Morgan fingerprint density at radius 2 is 1.82 bits per heavy atom. The lowest BCUT2D eigenvalue weighted by molar-refractivity contribution is 0.217. The van der Waals surface area contributed by atoms with Crippen LogP contribution < -0.4 is 4.90 Å². The summed E-state index contributed by atoms with van der Waals surface area (Å²) in [6.07, 6.45) is 4.76. The van der Waals surface area contributed by atoms with Gasteiger partial charge in [0.25, 0.3) is 0 Å². The topological polar surface area (TPSA) is 50.1 Å². The molecule has 0 aliphatic carbocycles. The molecule has 1 aliphatic heterocycles. The number of rotatable bonds is 3. The normalized spacial score (nSPS) is 17.4. The molecule has 22 heavy (non-hydrogen) atoms. The van der Waals surface area contributed by atoms with Crippen molar-refractivity contribution in [3.8, 4) is 0 Å². The standard InChI is InChI=1S/C16H26N6/c1-16(2,3)5-6-21-7-9-22(10-8-21)15-13-11-19-20(4)14(13)17-12-18-15/h11-12H,5-10H2,1-4H3. The Hall–Kier alpha value is -1.69. The van der Waals surface area contributed by atoms with Crippen molar-refractivity contribution in [3.05, 3.63) is 12.5 Å². The molecule has 1 aliphatic rings. The van der Waals surface area contributed by atoms with E-state index in [9.17, 15) is 0 Å². The zero-order chi connectivity index (χ0) is 15.7. The molecule has 6 nitrogen and oxygen atoms in total. The number of anilines is 1. The number of aryl methyl sites for hydroxylation is 1. The van der Waals surface area contributed by atoms with Crippen molar-refractivity contribution >= 4 is 16.9 Å². The second kappa shape index (κ2) is 5.83. The van der Waals surface area contributed by atoms with Crippen LogP contribution in [0.5, 0.6) is 0 Å². The van der Waals surface area contributed by atoms with Crippen LogP contribution in [0.4, 0.5) is 5.82 Å². The van der Waals surface area contributed by atoms with E-state index in [0.717, 1.165) is 43.0 Å². The summed E-state index contributed by atoms with van der Waals surface area (Å²) in [6.45, 7) is 12.3. The number of hydrogen-bond donors (Lipinski definition) is 0. The predicted molar refractivity (Wildman–Crippen MR) is 89.0 cm³/mol. The van der Waals surface area contributed by atoms with E-state index in [-0.39, 0.29) is 0 Å². The number of fused-ring (bicyclic) bond motifs is 1. The third kappa shape index (κ3) is 3.21. The number of hydrogen-bond acceptors (Lipinski definition) is 5. The van der Waals surface area contributed by atoms with Crippen molar-refractivity contribution in [1.29, 1.82) is 0 Å². The molecule has 0 saturated carbocycles. The van der Waals surface area contributed by atoms with Gasteiger partial charge in [-0.15, -0.1) is 0 Å². The van der Waals surface area contributed by atoms with Gasteiger partial charge in [0.2, 0.25) is 0 Å². The van der Waals surface area contributed by atoms with Crippen LogP contribution in [-0.2, 0) is 7.05 Å². The van der Waals surface area contributed by atoms with Crippen LogP contribution in [0, 0.1) is 5.41 Å². The summed E-state index contributed by atoms with van der Waals surface area (Å²) in [5.74, 6) is 1.02. The van der Waals surface area contributed by atoms with Crippen molar-refractivity contribution in [2.24, 2.45) is 12.5 Å². The Balaban J connectivity index is 1.66. The van der Waals surface area contributed by atoms with Gasteiger partial charge in [0.05, 0.1) is 11.6 Å². The molecule has 1 saturated heterocycles. The first-order chi connectivity index (χ1) is 10.4. The Morgan fingerprint density at radius 1 is 1.09 bits per heavy atom. The van der Waals surface area contributed by atoms with E-state index in [1.165, 1.54) is 13.0 Å². The number of piperazine rings is 1. The lowest BCUT2D eigenvalue weighted by atomic mass is 9.92. The molecule has 2 aromatic heterocycles. The van der Waals surface area contributed by atoms with Gasteiger partial charge >= 0.3 is 0 Å². The van der Waals surface area contributed by atoms with E-state index in [4.69, 9.17) is 0 Å².